The van der Waals surface area contributed by atoms with E-state index in [1.807, 2.05) is 36.6 Å². The molecular weight excluding hydrogens is 220 g/mol. The Labute approximate surface area is 98.2 Å². The van der Waals surface area contributed by atoms with Gasteiger partial charge in [-0.25, -0.2) is 4.98 Å². The van der Waals surface area contributed by atoms with Crippen LogP contribution in [-0.2, 0) is 6.54 Å². The zero-order valence-electron chi connectivity index (χ0n) is 8.96. The van der Waals surface area contributed by atoms with Crippen molar-refractivity contribution < 1.29 is 0 Å². The van der Waals surface area contributed by atoms with Crippen molar-refractivity contribution in [3.63, 3.8) is 0 Å². The zero-order chi connectivity index (χ0) is 11.4. The van der Waals surface area contributed by atoms with E-state index in [0.717, 1.165) is 10.7 Å². The summed E-state index contributed by atoms with van der Waals surface area (Å²) in [6, 6.07) is 11.4. The van der Waals surface area contributed by atoms with Gasteiger partial charge in [-0.1, -0.05) is 42.1 Å². The second-order valence-corrected chi connectivity index (χ2v) is 4.11. The topological polar surface area (TPSA) is 34.9 Å². The van der Waals surface area contributed by atoms with Crippen LogP contribution in [0.15, 0.2) is 52.5 Å². The molecule has 16 heavy (non-hydrogen) atoms. The molecule has 2 aromatic rings. The first-order valence-electron chi connectivity index (χ1n) is 4.95. The van der Waals surface area contributed by atoms with Gasteiger partial charge in [0.2, 0.25) is 0 Å². The van der Waals surface area contributed by atoms with E-state index in [0.29, 0.717) is 6.54 Å². The maximum atomic E-state index is 11.7. The summed E-state index contributed by atoms with van der Waals surface area (Å²) in [4.78, 5) is 15.9. The predicted octanol–water partition coefficient (Wildman–Crippen LogP) is 2.01. The molecule has 0 unspecified atom stereocenters. The molecule has 3 nitrogen and oxygen atoms in total. The van der Waals surface area contributed by atoms with E-state index >= 15 is 0 Å². The van der Waals surface area contributed by atoms with E-state index in [9.17, 15) is 4.79 Å². The molecule has 2 rings (SSSR count). The van der Waals surface area contributed by atoms with Gasteiger partial charge in [-0.05, 0) is 11.8 Å². The summed E-state index contributed by atoms with van der Waals surface area (Å²) >= 11 is 1.48. The Morgan fingerprint density at radius 1 is 1.25 bits per heavy atom. The standard InChI is InChI=1S/C12H12N2OS/c1-16-12-13-8-7-11(15)14(12)9-10-5-3-2-4-6-10/h2-8H,9H2,1H3. The van der Waals surface area contributed by atoms with E-state index in [4.69, 9.17) is 0 Å². The van der Waals surface area contributed by atoms with Crippen molar-refractivity contribution in [2.75, 3.05) is 6.26 Å². The van der Waals surface area contributed by atoms with Crippen LogP contribution in [0.1, 0.15) is 5.56 Å². The lowest BCUT2D eigenvalue weighted by molar-refractivity contribution is 0.645. The summed E-state index contributed by atoms with van der Waals surface area (Å²) < 4.78 is 1.68. The second-order valence-electron chi connectivity index (χ2n) is 3.34. The van der Waals surface area contributed by atoms with Gasteiger partial charge in [0.1, 0.15) is 0 Å². The zero-order valence-corrected chi connectivity index (χ0v) is 9.78. The maximum absolute atomic E-state index is 11.7. The average molecular weight is 232 g/mol. The summed E-state index contributed by atoms with van der Waals surface area (Å²) in [5.41, 5.74) is 1.09. The lowest BCUT2D eigenvalue weighted by atomic mass is 10.2. The Balaban J connectivity index is 2.38. The molecule has 0 aliphatic heterocycles. The lowest BCUT2D eigenvalue weighted by Gasteiger charge is -2.09. The normalized spacial score (nSPS) is 10.3. The van der Waals surface area contributed by atoms with Crippen molar-refractivity contribution in [2.24, 2.45) is 0 Å². The van der Waals surface area contributed by atoms with Gasteiger partial charge in [0.05, 0.1) is 6.54 Å². The molecule has 0 bridgehead atoms. The highest BCUT2D eigenvalue weighted by molar-refractivity contribution is 7.98. The highest BCUT2D eigenvalue weighted by atomic mass is 32.2. The highest BCUT2D eigenvalue weighted by Gasteiger charge is 2.03. The third-order valence-electron chi connectivity index (χ3n) is 2.27. The fourth-order valence-electron chi connectivity index (χ4n) is 1.49. The van der Waals surface area contributed by atoms with Crippen LogP contribution in [0.5, 0.6) is 0 Å². The Morgan fingerprint density at radius 2 is 2.00 bits per heavy atom. The Kier molecular flexibility index (Phi) is 3.41. The Morgan fingerprint density at radius 3 is 2.69 bits per heavy atom. The summed E-state index contributed by atoms with van der Waals surface area (Å²) in [6.07, 6.45) is 3.47. The first-order chi connectivity index (χ1) is 7.81. The molecule has 0 fully saturated rings. The van der Waals surface area contributed by atoms with Crippen LogP contribution in [0, 0.1) is 0 Å². The van der Waals surface area contributed by atoms with Crippen LogP contribution in [0.3, 0.4) is 0 Å². The number of hydrogen-bond donors (Lipinski definition) is 0. The quantitative estimate of drug-likeness (QED) is 0.600. The van der Waals surface area contributed by atoms with E-state index in [1.165, 1.54) is 17.8 Å². The van der Waals surface area contributed by atoms with Gasteiger partial charge in [-0.15, -0.1) is 0 Å². The summed E-state index contributed by atoms with van der Waals surface area (Å²) in [5.74, 6) is 0. The Hall–Kier alpha value is -1.55. The molecule has 0 amide bonds. The fraction of sp³-hybridized carbons (Fsp3) is 0.167. The van der Waals surface area contributed by atoms with Gasteiger partial charge < -0.3 is 0 Å². The Bertz CT molecular complexity index is 522. The SMILES string of the molecule is CSc1nccc(=O)n1Cc1ccccc1. The molecule has 0 saturated heterocycles. The largest absolute Gasteiger partial charge is 0.283 e. The number of hydrogen-bond acceptors (Lipinski definition) is 3. The fourth-order valence-corrected chi connectivity index (χ4v) is 2.03. The molecule has 0 saturated carbocycles. The van der Waals surface area contributed by atoms with Crippen LogP contribution in [0.4, 0.5) is 0 Å². The van der Waals surface area contributed by atoms with Crippen LogP contribution in [0.25, 0.3) is 0 Å². The van der Waals surface area contributed by atoms with Crippen molar-refractivity contribution in [3.8, 4) is 0 Å². The summed E-state index contributed by atoms with van der Waals surface area (Å²) in [6.45, 7) is 0.573. The lowest BCUT2D eigenvalue weighted by Crippen LogP contribution is -2.22. The molecule has 0 aliphatic carbocycles. The molecular formula is C12H12N2OS. The monoisotopic (exact) mass is 232 g/mol. The molecule has 1 heterocycles. The van der Waals surface area contributed by atoms with Crippen molar-refractivity contribution in [1.29, 1.82) is 0 Å². The summed E-state index contributed by atoms with van der Waals surface area (Å²) in [5, 5.41) is 0.747. The molecule has 1 aromatic heterocycles. The van der Waals surface area contributed by atoms with E-state index in [-0.39, 0.29) is 5.56 Å². The van der Waals surface area contributed by atoms with Gasteiger partial charge >= 0.3 is 0 Å². The van der Waals surface area contributed by atoms with Crippen LogP contribution < -0.4 is 5.56 Å². The predicted molar refractivity (Wildman–Crippen MR) is 65.8 cm³/mol. The molecule has 0 N–H and O–H groups in total. The van der Waals surface area contributed by atoms with Gasteiger partial charge in [0.25, 0.3) is 5.56 Å². The molecule has 0 atom stereocenters. The molecule has 0 radical (unpaired) electrons. The minimum atomic E-state index is -0.0109. The highest BCUT2D eigenvalue weighted by Crippen LogP contribution is 2.10. The number of thioether (sulfide) groups is 1. The van der Waals surface area contributed by atoms with Crippen LogP contribution in [0.2, 0.25) is 0 Å². The number of aromatic nitrogens is 2. The van der Waals surface area contributed by atoms with Gasteiger partial charge in [-0.2, -0.15) is 0 Å². The van der Waals surface area contributed by atoms with E-state index in [1.54, 1.807) is 10.8 Å². The second kappa shape index (κ2) is 4.99. The number of benzene rings is 1. The van der Waals surface area contributed by atoms with Gasteiger partial charge in [0, 0.05) is 12.3 Å². The van der Waals surface area contributed by atoms with Crippen LogP contribution in [-0.4, -0.2) is 15.8 Å². The van der Waals surface area contributed by atoms with Crippen molar-refractivity contribution in [2.45, 2.75) is 11.7 Å². The first kappa shape index (κ1) is 11.0. The molecule has 0 aliphatic rings. The molecule has 4 heteroatoms. The average Bonchev–Trinajstić information content (AvgIpc) is 2.33. The number of rotatable bonds is 3. The van der Waals surface area contributed by atoms with Gasteiger partial charge in [0.15, 0.2) is 5.16 Å². The van der Waals surface area contributed by atoms with E-state index < -0.39 is 0 Å². The van der Waals surface area contributed by atoms with E-state index in [2.05, 4.69) is 4.98 Å². The number of nitrogens with zero attached hydrogens (tertiary/aromatic N) is 2. The molecule has 1 aromatic carbocycles. The van der Waals surface area contributed by atoms with Crippen LogP contribution >= 0.6 is 11.8 Å². The van der Waals surface area contributed by atoms with Gasteiger partial charge in [-0.3, -0.25) is 9.36 Å². The van der Waals surface area contributed by atoms with Crippen molar-refractivity contribution >= 4 is 11.8 Å². The minimum absolute atomic E-state index is 0.0109. The third-order valence-corrected chi connectivity index (χ3v) is 2.96. The third kappa shape index (κ3) is 2.33. The molecule has 0 spiro atoms. The maximum Gasteiger partial charge on any atom is 0.254 e. The molecule has 82 valence electrons. The first-order valence-corrected chi connectivity index (χ1v) is 6.17. The smallest absolute Gasteiger partial charge is 0.254 e. The summed E-state index contributed by atoms with van der Waals surface area (Å²) in [7, 11) is 0. The van der Waals surface area contributed by atoms with Crippen molar-refractivity contribution in [1.82, 2.24) is 9.55 Å². The van der Waals surface area contributed by atoms with Crippen molar-refractivity contribution in [3.05, 3.63) is 58.5 Å². The minimum Gasteiger partial charge on any atom is -0.283 e.